The number of nitrogens with one attached hydrogen (secondary N) is 1. The van der Waals surface area contributed by atoms with Gasteiger partial charge in [-0.25, -0.2) is 0 Å². The van der Waals surface area contributed by atoms with E-state index in [0.717, 1.165) is 11.6 Å². The third-order valence-corrected chi connectivity index (χ3v) is 4.12. The Labute approximate surface area is 109 Å². The molecule has 0 saturated heterocycles. The van der Waals surface area contributed by atoms with Gasteiger partial charge < -0.3 is 11.1 Å². The minimum atomic E-state index is 0.571. The first-order chi connectivity index (χ1) is 8.08. The van der Waals surface area contributed by atoms with Gasteiger partial charge >= 0.3 is 0 Å². The molecule has 2 atom stereocenters. The van der Waals surface area contributed by atoms with Crippen LogP contribution in [0.3, 0.4) is 0 Å². The fraction of sp³-hybridized carbons (Fsp3) is 0.571. The molecule has 1 aromatic rings. The van der Waals surface area contributed by atoms with Crippen LogP contribution in [0.2, 0.25) is 5.02 Å². The van der Waals surface area contributed by atoms with E-state index in [2.05, 4.69) is 19.2 Å². The highest BCUT2D eigenvalue weighted by atomic mass is 35.5. The van der Waals surface area contributed by atoms with Crippen molar-refractivity contribution in [2.24, 2.45) is 5.92 Å². The molecule has 2 nitrogen and oxygen atoms in total. The lowest BCUT2D eigenvalue weighted by atomic mass is 9.85. The number of halogens is 1. The third-order valence-electron chi connectivity index (χ3n) is 3.80. The maximum atomic E-state index is 6.07. The molecule has 0 radical (unpaired) electrons. The first-order valence-corrected chi connectivity index (χ1v) is 6.78. The fourth-order valence-electron chi connectivity index (χ4n) is 2.59. The minimum absolute atomic E-state index is 0.571. The van der Waals surface area contributed by atoms with Crippen molar-refractivity contribution in [2.45, 2.75) is 45.6 Å². The summed E-state index contributed by atoms with van der Waals surface area (Å²) in [5.41, 5.74) is 8.75. The van der Waals surface area contributed by atoms with Crippen molar-refractivity contribution in [3.63, 3.8) is 0 Å². The number of aryl methyl sites for hydroxylation is 1. The van der Waals surface area contributed by atoms with E-state index in [1.165, 1.54) is 31.2 Å². The van der Waals surface area contributed by atoms with Gasteiger partial charge in [0.05, 0.1) is 10.7 Å². The van der Waals surface area contributed by atoms with Crippen molar-refractivity contribution in [1.82, 2.24) is 0 Å². The molecular formula is C14H21ClN2. The van der Waals surface area contributed by atoms with E-state index in [0.29, 0.717) is 16.8 Å². The second kappa shape index (κ2) is 5.18. The predicted octanol–water partition coefficient (Wildman–Crippen LogP) is 4.22. The molecule has 1 aromatic carbocycles. The Bertz CT molecular complexity index is 403. The van der Waals surface area contributed by atoms with Gasteiger partial charge in [0.1, 0.15) is 0 Å². The summed E-state index contributed by atoms with van der Waals surface area (Å²) in [6.07, 6.45) is 5.26. The highest BCUT2D eigenvalue weighted by Gasteiger charge is 2.21. The van der Waals surface area contributed by atoms with Gasteiger partial charge in [-0.15, -0.1) is 0 Å². The van der Waals surface area contributed by atoms with Crippen LogP contribution in [0.4, 0.5) is 11.4 Å². The van der Waals surface area contributed by atoms with Crippen LogP contribution in [0.15, 0.2) is 12.1 Å². The average Bonchev–Trinajstić information content (AvgIpc) is 2.29. The third kappa shape index (κ3) is 2.86. The van der Waals surface area contributed by atoms with Gasteiger partial charge in [0.25, 0.3) is 0 Å². The quantitative estimate of drug-likeness (QED) is 0.774. The molecule has 94 valence electrons. The summed E-state index contributed by atoms with van der Waals surface area (Å²) >= 11 is 6.07. The molecule has 2 unspecified atom stereocenters. The largest absolute Gasteiger partial charge is 0.398 e. The lowest BCUT2D eigenvalue weighted by Gasteiger charge is -2.31. The molecule has 0 aromatic heterocycles. The summed E-state index contributed by atoms with van der Waals surface area (Å²) in [5.74, 6) is 0.736. The number of hydrogen-bond acceptors (Lipinski definition) is 2. The zero-order valence-electron chi connectivity index (χ0n) is 10.6. The molecule has 3 N–H and O–H groups in total. The fourth-order valence-corrected chi connectivity index (χ4v) is 2.75. The molecular weight excluding hydrogens is 232 g/mol. The van der Waals surface area contributed by atoms with Gasteiger partial charge in [0.2, 0.25) is 0 Å². The summed E-state index contributed by atoms with van der Waals surface area (Å²) in [6.45, 7) is 4.40. The van der Waals surface area contributed by atoms with E-state index in [-0.39, 0.29) is 0 Å². The number of nitrogen functional groups attached to an aromatic ring is 1. The average molecular weight is 253 g/mol. The van der Waals surface area contributed by atoms with E-state index >= 15 is 0 Å². The van der Waals surface area contributed by atoms with Crippen LogP contribution in [0.25, 0.3) is 0 Å². The Kier molecular flexibility index (Phi) is 3.82. The van der Waals surface area contributed by atoms with Gasteiger partial charge in [-0.1, -0.05) is 31.4 Å². The van der Waals surface area contributed by atoms with Crippen LogP contribution in [-0.2, 0) is 0 Å². The van der Waals surface area contributed by atoms with E-state index < -0.39 is 0 Å². The first kappa shape index (κ1) is 12.6. The number of nitrogens with two attached hydrogens (primary N) is 1. The van der Waals surface area contributed by atoms with Crippen molar-refractivity contribution < 1.29 is 0 Å². The van der Waals surface area contributed by atoms with E-state index in [1.54, 1.807) is 0 Å². The molecule has 17 heavy (non-hydrogen) atoms. The topological polar surface area (TPSA) is 38.0 Å². The molecule has 2 rings (SSSR count). The van der Waals surface area contributed by atoms with Gasteiger partial charge in [-0.3, -0.25) is 0 Å². The summed E-state index contributed by atoms with van der Waals surface area (Å²) < 4.78 is 0. The standard InChI is InChI=1S/C14H21ClN2/c1-9-5-3-4-6-13(9)17-14-8-11(15)12(16)7-10(14)2/h7-9,13,17H,3-6,16H2,1-2H3. The molecule has 0 amide bonds. The molecule has 0 bridgehead atoms. The molecule has 0 aliphatic heterocycles. The zero-order valence-corrected chi connectivity index (χ0v) is 11.3. The van der Waals surface area contributed by atoms with Crippen molar-refractivity contribution in [2.75, 3.05) is 11.1 Å². The van der Waals surface area contributed by atoms with Crippen LogP contribution in [0.1, 0.15) is 38.2 Å². The van der Waals surface area contributed by atoms with Crippen LogP contribution in [0.5, 0.6) is 0 Å². The van der Waals surface area contributed by atoms with E-state index in [9.17, 15) is 0 Å². The monoisotopic (exact) mass is 252 g/mol. The van der Waals surface area contributed by atoms with Crippen molar-refractivity contribution in [3.05, 3.63) is 22.7 Å². The summed E-state index contributed by atoms with van der Waals surface area (Å²) in [4.78, 5) is 0. The van der Waals surface area contributed by atoms with E-state index in [1.807, 2.05) is 12.1 Å². The summed E-state index contributed by atoms with van der Waals surface area (Å²) in [5, 5.41) is 4.27. The Morgan fingerprint density at radius 2 is 2.00 bits per heavy atom. The molecule has 3 heteroatoms. The number of anilines is 2. The second-order valence-electron chi connectivity index (χ2n) is 5.20. The van der Waals surface area contributed by atoms with Gasteiger partial charge in [0.15, 0.2) is 0 Å². The molecule has 0 spiro atoms. The van der Waals surface area contributed by atoms with Crippen LogP contribution in [-0.4, -0.2) is 6.04 Å². The maximum Gasteiger partial charge on any atom is 0.0656 e. The normalized spacial score (nSPS) is 24.6. The smallest absolute Gasteiger partial charge is 0.0656 e. The Morgan fingerprint density at radius 3 is 2.71 bits per heavy atom. The SMILES string of the molecule is Cc1cc(N)c(Cl)cc1NC1CCCCC1C. The molecule has 1 aliphatic rings. The second-order valence-corrected chi connectivity index (χ2v) is 5.61. The number of rotatable bonds is 2. The lowest BCUT2D eigenvalue weighted by Crippen LogP contribution is -2.30. The number of hydrogen-bond donors (Lipinski definition) is 2. The summed E-state index contributed by atoms with van der Waals surface area (Å²) in [7, 11) is 0. The van der Waals surface area contributed by atoms with Crippen LogP contribution in [0, 0.1) is 12.8 Å². The van der Waals surface area contributed by atoms with Crippen molar-refractivity contribution >= 4 is 23.0 Å². The van der Waals surface area contributed by atoms with Gasteiger partial charge in [0, 0.05) is 11.7 Å². The van der Waals surface area contributed by atoms with Crippen LogP contribution >= 0.6 is 11.6 Å². The lowest BCUT2D eigenvalue weighted by molar-refractivity contribution is 0.349. The Balaban J connectivity index is 2.15. The van der Waals surface area contributed by atoms with E-state index in [4.69, 9.17) is 17.3 Å². The molecule has 1 aliphatic carbocycles. The van der Waals surface area contributed by atoms with Crippen molar-refractivity contribution in [1.29, 1.82) is 0 Å². The molecule has 1 fully saturated rings. The summed E-state index contributed by atoms with van der Waals surface area (Å²) in [6, 6.07) is 4.47. The van der Waals surface area contributed by atoms with Crippen LogP contribution < -0.4 is 11.1 Å². The highest BCUT2D eigenvalue weighted by Crippen LogP contribution is 2.31. The molecule has 0 heterocycles. The van der Waals surface area contributed by atoms with Gasteiger partial charge in [-0.2, -0.15) is 0 Å². The zero-order chi connectivity index (χ0) is 12.4. The predicted molar refractivity (Wildman–Crippen MR) is 75.6 cm³/mol. The Morgan fingerprint density at radius 1 is 1.29 bits per heavy atom. The minimum Gasteiger partial charge on any atom is -0.398 e. The van der Waals surface area contributed by atoms with Gasteiger partial charge in [-0.05, 0) is 43.4 Å². The Hall–Kier alpha value is -0.890. The van der Waals surface area contributed by atoms with Crippen molar-refractivity contribution in [3.8, 4) is 0 Å². The highest BCUT2D eigenvalue weighted by molar-refractivity contribution is 6.33. The maximum absolute atomic E-state index is 6.07. The number of benzene rings is 1. The first-order valence-electron chi connectivity index (χ1n) is 6.40. The molecule has 1 saturated carbocycles.